The second-order valence-electron chi connectivity index (χ2n) is 3.59. The number of carbonyl (C=O) groups excluding carboxylic acids is 2. The zero-order valence-corrected chi connectivity index (χ0v) is 9.60. The van der Waals surface area contributed by atoms with Crippen molar-refractivity contribution in [3.8, 4) is 0 Å². The highest BCUT2D eigenvalue weighted by Crippen LogP contribution is 2.34. The number of hydrogen-bond acceptors (Lipinski definition) is 2. The molecule has 1 aliphatic heterocycles. The number of nitrogens with zero attached hydrogens (tertiary/aromatic N) is 1. The molecule has 1 N–H and O–H groups in total. The number of allylic oxidation sites excluding steroid dienone is 1. The van der Waals surface area contributed by atoms with Crippen LogP contribution in [0.15, 0.2) is 12.2 Å². The van der Waals surface area contributed by atoms with Gasteiger partial charge in [-0.3, -0.25) is 9.69 Å². The Morgan fingerprint density at radius 2 is 2.00 bits per heavy atom. The molecule has 1 unspecified atom stereocenters. The molecule has 96 valence electrons. The van der Waals surface area contributed by atoms with Gasteiger partial charge in [0.15, 0.2) is 0 Å². The molecule has 0 aliphatic carbocycles. The van der Waals surface area contributed by atoms with E-state index in [4.69, 9.17) is 11.6 Å². The van der Waals surface area contributed by atoms with Crippen LogP contribution in [-0.4, -0.2) is 41.0 Å². The van der Waals surface area contributed by atoms with Crippen LogP contribution >= 0.6 is 11.6 Å². The van der Waals surface area contributed by atoms with Crippen molar-refractivity contribution >= 4 is 23.5 Å². The van der Waals surface area contributed by atoms with Crippen LogP contribution in [0.3, 0.4) is 0 Å². The Morgan fingerprint density at radius 1 is 1.41 bits per heavy atom. The van der Waals surface area contributed by atoms with Gasteiger partial charge in [0.25, 0.3) is 5.91 Å². The normalized spacial score (nSPS) is 25.8. The number of halogens is 4. The average Bonchev–Trinajstić information content (AvgIpc) is 2.42. The number of carbonyl (C=O) groups is 2. The molecule has 1 heterocycles. The molecule has 0 aromatic carbocycles. The van der Waals surface area contributed by atoms with E-state index in [1.54, 1.807) is 5.32 Å². The van der Waals surface area contributed by atoms with Crippen molar-refractivity contribution in [3.05, 3.63) is 12.2 Å². The highest BCUT2D eigenvalue weighted by Gasteiger charge is 2.64. The van der Waals surface area contributed by atoms with E-state index in [-0.39, 0.29) is 12.4 Å². The molecule has 1 rings (SSSR count). The van der Waals surface area contributed by atoms with Crippen LogP contribution in [0.25, 0.3) is 0 Å². The molecule has 1 atom stereocenters. The quantitative estimate of drug-likeness (QED) is 0.482. The van der Waals surface area contributed by atoms with Crippen molar-refractivity contribution in [3.63, 3.8) is 0 Å². The minimum Gasteiger partial charge on any atom is -0.316 e. The third-order valence-electron chi connectivity index (χ3n) is 2.39. The summed E-state index contributed by atoms with van der Waals surface area (Å²) in [5.74, 6) is -1.16. The van der Waals surface area contributed by atoms with E-state index in [0.29, 0.717) is 11.8 Å². The molecule has 0 radical (unpaired) electrons. The van der Waals surface area contributed by atoms with Crippen LogP contribution in [0.2, 0.25) is 0 Å². The SMILES string of the molecule is CC1(C(F)(F)F)NC(=O)N(CC=CCCl)C1=O. The fourth-order valence-corrected chi connectivity index (χ4v) is 1.42. The minimum atomic E-state index is -4.83. The van der Waals surface area contributed by atoms with Crippen LogP contribution in [0.5, 0.6) is 0 Å². The number of alkyl halides is 4. The monoisotopic (exact) mass is 270 g/mol. The average molecular weight is 271 g/mol. The van der Waals surface area contributed by atoms with Crippen molar-refractivity contribution < 1.29 is 22.8 Å². The van der Waals surface area contributed by atoms with Gasteiger partial charge in [-0.05, 0) is 6.92 Å². The van der Waals surface area contributed by atoms with Gasteiger partial charge in [-0.1, -0.05) is 12.2 Å². The molecule has 8 heteroatoms. The maximum Gasteiger partial charge on any atom is 0.420 e. The largest absolute Gasteiger partial charge is 0.420 e. The summed E-state index contributed by atoms with van der Waals surface area (Å²) < 4.78 is 37.9. The number of urea groups is 1. The Hall–Kier alpha value is -1.24. The standard InChI is InChI=1S/C9H10ClF3N2O2/c1-8(9(11,12)13)6(16)15(7(17)14-8)5-3-2-4-10/h2-3H,4-5H2,1H3,(H,14,17). The number of hydrogen-bond donors (Lipinski definition) is 1. The second kappa shape index (κ2) is 4.56. The molecule has 17 heavy (non-hydrogen) atoms. The van der Waals surface area contributed by atoms with Crippen LogP contribution in [-0.2, 0) is 4.79 Å². The van der Waals surface area contributed by atoms with Gasteiger partial charge in [-0.2, -0.15) is 13.2 Å². The van der Waals surface area contributed by atoms with Gasteiger partial charge < -0.3 is 5.32 Å². The Bertz CT molecular complexity index is 370. The summed E-state index contributed by atoms with van der Waals surface area (Å²) in [5, 5.41) is 1.64. The molecular formula is C9H10ClF3N2O2. The first-order valence-corrected chi connectivity index (χ1v) is 5.19. The molecule has 1 fully saturated rings. The zero-order valence-electron chi connectivity index (χ0n) is 8.84. The first kappa shape index (κ1) is 13.8. The molecular weight excluding hydrogens is 261 g/mol. The van der Waals surface area contributed by atoms with Crippen LogP contribution in [0.4, 0.5) is 18.0 Å². The van der Waals surface area contributed by atoms with Gasteiger partial charge in [0, 0.05) is 12.4 Å². The summed E-state index contributed by atoms with van der Waals surface area (Å²) >= 11 is 5.32. The van der Waals surface area contributed by atoms with Gasteiger partial charge >= 0.3 is 12.2 Å². The lowest BCUT2D eigenvalue weighted by Gasteiger charge is -2.24. The van der Waals surface area contributed by atoms with E-state index in [1.165, 1.54) is 12.2 Å². The fraction of sp³-hybridized carbons (Fsp3) is 0.556. The molecule has 3 amide bonds. The smallest absolute Gasteiger partial charge is 0.316 e. The fourth-order valence-electron chi connectivity index (χ4n) is 1.30. The molecule has 4 nitrogen and oxygen atoms in total. The summed E-state index contributed by atoms with van der Waals surface area (Å²) in [6.45, 7) is 0.404. The lowest BCUT2D eigenvalue weighted by atomic mass is 10.0. The summed E-state index contributed by atoms with van der Waals surface area (Å²) in [6, 6.07) is -1.06. The zero-order chi connectivity index (χ0) is 13.3. The third kappa shape index (κ3) is 2.38. The van der Waals surface area contributed by atoms with E-state index in [1.807, 2.05) is 0 Å². The van der Waals surface area contributed by atoms with E-state index in [0.717, 1.165) is 0 Å². The number of rotatable bonds is 3. The Balaban J connectivity index is 2.89. The van der Waals surface area contributed by atoms with Crippen LogP contribution in [0.1, 0.15) is 6.92 Å². The molecule has 0 bridgehead atoms. The summed E-state index contributed by atoms with van der Waals surface area (Å²) in [5.41, 5.74) is -2.85. The van der Waals surface area contributed by atoms with Crippen molar-refractivity contribution in [2.75, 3.05) is 12.4 Å². The summed E-state index contributed by atoms with van der Waals surface area (Å²) in [4.78, 5) is 23.3. The van der Waals surface area contributed by atoms with Gasteiger partial charge in [-0.25, -0.2) is 4.79 Å². The predicted octanol–water partition coefficient (Wildman–Crippen LogP) is 1.65. The minimum absolute atomic E-state index is 0.153. The van der Waals surface area contributed by atoms with Crippen molar-refractivity contribution in [2.45, 2.75) is 18.6 Å². The van der Waals surface area contributed by atoms with Crippen molar-refractivity contribution in [1.29, 1.82) is 0 Å². The molecule has 1 aliphatic rings. The van der Waals surface area contributed by atoms with E-state index in [9.17, 15) is 22.8 Å². The summed E-state index contributed by atoms with van der Waals surface area (Å²) in [7, 11) is 0. The number of amides is 3. The molecule has 0 spiro atoms. The van der Waals surface area contributed by atoms with E-state index >= 15 is 0 Å². The van der Waals surface area contributed by atoms with Crippen molar-refractivity contribution in [1.82, 2.24) is 10.2 Å². The van der Waals surface area contributed by atoms with Crippen LogP contribution in [0, 0.1) is 0 Å². The Morgan fingerprint density at radius 3 is 2.41 bits per heavy atom. The number of imide groups is 1. The topological polar surface area (TPSA) is 49.4 Å². The van der Waals surface area contributed by atoms with Crippen molar-refractivity contribution in [2.24, 2.45) is 0 Å². The van der Waals surface area contributed by atoms with E-state index in [2.05, 4.69) is 0 Å². The molecule has 0 saturated carbocycles. The molecule has 0 aromatic rings. The third-order valence-corrected chi connectivity index (χ3v) is 2.56. The highest BCUT2D eigenvalue weighted by molar-refractivity contribution is 6.18. The predicted molar refractivity (Wildman–Crippen MR) is 54.6 cm³/mol. The lowest BCUT2D eigenvalue weighted by Crippen LogP contribution is -2.56. The van der Waals surface area contributed by atoms with Crippen LogP contribution < -0.4 is 5.32 Å². The molecule has 1 saturated heterocycles. The Kier molecular flexibility index (Phi) is 3.71. The second-order valence-corrected chi connectivity index (χ2v) is 3.90. The van der Waals surface area contributed by atoms with Gasteiger partial charge in [0.05, 0.1) is 0 Å². The lowest BCUT2D eigenvalue weighted by molar-refractivity contribution is -0.190. The van der Waals surface area contributed by atoms with Gasteiger partial charge in [0.1, 0.15) is 0 Å². The molecule has 0 aromatic heterocycles. The highest BCUT2D eigenvalue weighted by atomic mass is 35.5. The first-order chi connectivity index (χ1) is 7.74. The van der Waals surface area contributed by atoms with Gasteiger partial charge in [0.2, 0.25) is 5.54 Å². The maximum absolute atomic E-state index is 12.6. The number of nitrogens with one attached hydrogen (secondary N) is 1. The van der Waals surface area contributed by atoms with Gasteiger partial charge in [-0.15, -0.1) is 11.6 Å². The summed E-state index contributed by atoms with van der Waals surface area (Å²) in [6.07, 6.45) is -2.04. The Labute approximate surface area is 100 Å². The maximum atomic E-state index is 12.6. The van der Waals surface area contributed by atoms with E-state index < -0.39 is 23.7 Å². The first-order valence-electron chi connectivity index (χ1n) is 4.66.